The molecule has 0 bridgehead atoms. The number of hydrogen-bond donors (Lipinski definition) is 1. The average molecular weight is 376 g/mol. The molecule has 8 heteroatoms. The van der Waals surface area contributed by atoms with Crippen LogP contribution in [0.5, 0.6) is 0 Å². The van der Waals surface area contributed by atoms with E-state index in [2.05, 4.69) is 10.4 Å². The molecule has 3 rings (SSSR count). The van der Waals surface area contributed by atoms with Gasteiger partial charge in [0.05, 0.1) is 24.2 Å². The Morgan fingerprint density at radius 1 is 1.38 bits per heavy atom. The average Bonchev–Trinajstić information content (AvgIpc) is 2.95. The van der Waals surface area contributed by atoms with Crippen LogP contribution >= 0.6 is 0 Å². The van der Waals surface area contributed by atoms with Crippen molar-refractivity contribution < 1.29 is 13.2 Å². The van der Waals surface area contributed by atoms with Crippen LogP contribution in [0.3, 0.4) is 0 Å². The third-order valence-electron chi connectivity index (χ3n) is 4.78. The first-order valence-electron chi connectivity index (χ1n) is 8.61. The van der Waals surface area contributed by atoms with E-state index in [1.807, 2.05) is 30.8 Å². The van der Waals surface area contributed by atoms with Crippen molar-refractivity contribution in [3.8, 4) is 0 Å². The lowest BCUT2D eigenvalue weighted by molar-refractivity contribution is -0.120. The summed E-state index contributed by atoms with van der Waals surface area (Å²) in [4.78, 5) is 12.6. The van der Waals surface area contributed by atoms with E-state index >= 15 is 0 Å². The quantitative estimate of drug-likeness (QED) is 0.861. The Kier molecular flexibility index (Phi) is 5.04. The van der Waals surface area contributed by atoms with Crippen LogP contribution in [0.25, 0.3) is 0 Å². The predicted octanol–water partition coefficient (Wildman–Crippen LogP) is 1.69. The summed E-state index contributed by atoms with van der Waals surface area (Å²) in [6, 6.07) is 7.02. The second-order valence-corrected chi connectivity index (χ2v) is 8.65. The summed E-state index contributed by atoms with van der Waals surface area (Å²) in [5, 5.41) is 7.26. The monoisotopic (exact) mass is 376 g/mol. The maximum atomic E-state index is 12.6. The van der Waals surface area contributed by atoms with Gasteiger partial charge in [0.25, 0.3) is 0 Å². The van der Waals surface area contributed by atoms with Gasteiger partial charge in [-0.15, -0.1) is 0 Å². The highest BCUT2D eigenvalue weighted by atomic mass is 32.2. The highest BCUT2D eigenvalue weighted by molar-refractivity contribution is 7.92. The van der Waals surface area contributed by atoms with Gasteiger partial charge in [-0.3, -0.25) is 13.8 Å². The highest BCUT2D eigenvalue weighted by Gasteiger charge is 2.27. The summed E-state index contributed by atoms with van der Waals surface area (Å²) in [5.74, 6) is -0.319. The summed E-state index contributed by atoms with van der Waals surface area (Å²) in [6.45, 7) is 1.59. The fraction of sp³-hybridized carbons (Fsp3) is 0.444. The molecule has 1 heterocycles. The molecule has 140 valence electrons. The molecule has 1 N–H and O–H groups in total. The fourth-order valence-corrected chi connectivity index (χ4v) is 4.36. The van der Waals surface area contributed by atoms with Crippen LogP contribution in [0.2, 0.25) is 0 Å². The second-order valence-electron chi connectivity index (χ2n) is 6.74. The van der Waals surface area contributed by atoms with Crippen molar-refractivity contribution in [2.75, 3.05) is 17.1 Å². The van der Waals surface area contributed by atoms with Crippen molar-refractivity contribution in [1.29, 1.82) is 0 Å². The van der Waals surface area contributed by atoms with Crippen molar-refractivity contribution >= 4 is 21.6 Å². The number of anilines is 1. The van der Waals surface area contributed by atoms with Crippen LogP contribution in [-0.4, -0.2) is 36.9 Å². The number of nitrogens with zero attached hydrogens (tertiary/aromatic N) is 3. The van der Waals surface area contributed by atoms with Crippen molar-refractivity contribution in [3.63, 3.8) is 0 Å². The lowest BCUT2D eigenvalue weighted by atomic mass is 9.93. The van der Waals surface area contributed by atoms with Gasteiger partial charge in [0.1, 0.15) is 6.54 Å². The van der Waals surface area contributed by atoms with Gasteiger partial charge in [-0.1, -0.05) is 18.2 Å². The van der Waals surface area contributed by atoms with Gasteiger partial charge in [-0.05, 0) is 37.8 Å². The molecule has 7 nitrogen and oxygen atoms in total. The number of sulfonamides is 1. The number of aromatic nitrogens is 2. The Hall–Kier alpha value is -2.35. The van der Waals surface area contributed by atoms with Crippen LogP contribution in [0, 0.1) is 6.92 Å². The molecular formula is C18H24N4O3S. The van der Waals surface area contributed by atoms with Crippen LogP contribution in [-0.2, 0) is 28.3 Å². The number of rotatable bonds is 5. The summed E-state index contributed by atoms with van der Waals surface area (Å²) in [7, 11) is -1.68. The van der Waals surface area contributed by atoms with Crippen molar-refractivity contribution in [1.82, 2.24) is 15.1 Å². The van der Waals surface area contributed by atoms with Crippen LogP contribution in [0.1, 0.15) is 35.7 Å². The molecule has 26 heavy (non-hydrogen) atoms. The maximum Gasteiger partial charge on any atom is 0.241 e. The molecule has 1 amide bonds. The minimum atomic E-state index is -3.58. The number of carbonyl (C=O) groups excluding carboxylic acids is 1. The Morgan fingerprint density at radius 2 is 2.12 bits per heavy atom. The fourth-order valence-electron chi connectivity index (χ4n) is 3.45. The SMILES string of the molecule is Cc1ccccc1N(CC(=O)NC1CCCc2c1cnn2C)S(C)(=O)=O. The first-order chi connectivity index (χ1) is 12.3. The molecule has 1 unspecified atom stereocenters. The maximum absolute atomic E-state index is 12.6. The molecule has 1 aliphatic carbocycles. The van der Waals surface area contributed by atoms with Crippen LogP contribution in [0.4, 0.5) is 5.69 Å². The number of hydrogen-bond acceptors (Lipinski definition) is 4. The molecule has 1 aromatic heterocycles. The number of carbonyl (C=O) groups is 1. The van der Waals surface area contributed by atoms with Crippen molar-refractivity contribution in [2.24, 2.45) is 7.05 Å². The molecule has 1 atom stereocenters. The molecule has 1 aromatic carbocycles. The molecule has 1 aliphatic rings. The van der Waals surface area contributed by atoms with E-state index in [-0.39, 0.29) is 18.5 Å². The molecule has 0 radical (unpaired) electrons. The zero-order valence-corrected chi connectivity index (χ0v) is 16.1. The largest absolute Gasteiger partial charge is 0.348 e. The first-order valence-corrected chi connectivity index (χ1v) is 10.5. The van der Waals surface area contributed by atoms with Gasteiger partial charge in [0.15, 0.2) is 0 Å². The Labute approximate surface area is 154 Å². The number of nitrogens with one attached hydrogen (secondary N) is 1. The van der Waals surface area contributed by atoms with E-state index in [4.69, 9.17) is 0 Å². The molecular weight excluding hydrogens is 352 g/mol. The number of aryl methyl sites for hydroxylation is 2. The highest BCUT2D eigenvalue weighted by Crippen LogP contribution is 2.29. The normalized spacial score (nSPS) is 16.8. The first kappa shape index (κ1) is 18.4. The van der Waals surface area contributed by atoms with Crippen LogP contribution in [0.15, 0.2) is 30.5 Å². The minimum Gasteiger partial charge on any atom is -0.348 e. The van der Waals surface area contributed by atoms with Gasteiger partial charge < -0.3 is 5.32 Å². The summed E-state index contributed by atoms with van der Waals surface area (Å²) in [6.07, 6.45) is 5.64. The Balaban J connectivity index is 1.79. The molecule has 0 saturated carbocycles. The van der Waals surface area contributed by atoms with Gasteiger partial charge >= 0.3 is 0 Å². The number of para-hydroxylation sites is 1. The second kappa shape index (κ2) is 7.11. The Bertz CT molecular complexity index is 920. The van der Waals surface area contributed by atoms with Gasteiger partial charge in [0.2, 0.25) is 15.9 Å². The lowest BCUT2D eigenvalue weighted by Crippen LogP contribution is -2.42. The van der Waals surface area contributed by atoms with E-state index in [1.54, 1.807) is 18.3 Å². The van der Waals surface area contributed by atoms with Gasteiger partial charge in [0, 0.05) is 18.3 Å². The Morgan fingerprint density at radius 3 is 2.81 bits per heavy atom. The summed E-state index contributed by atoms with van der Waals surface area (Å²) < 4.78 is 27.5. The molecule has 2 aromatic rings. The minimum absolute atomic E-state index is 0.127. The number of benzene rings is 1. The molecule has 0 saturated heterocycles. The third kappa shape index (κ3) is 3.75. The number of fused-ring (bicyclic) bond motifs is 1. The van der Waals surface area contributed by atoms with E-state index in [0.29, 0.717) is 5.69 Å². The molecule has 0 spiro atoms. The van der Waals surface area contributed by atoms with E-state index in [0.717, 1.165) is 46.6 Å². The zero-order chi connectivity index (χ0) is 18.9. The lowest BCUT2D eigenvalue weighted by Gasteiger charge is -2.27. The van der Waals surface area contributed by atoms with Crippen LogP contribution < -0.4 is 9.62 Å². The predicted molar refractivity (Wildman–Crippen MR) is 100 cm³/mol. The van der Waals surface area contributed by atoms with Crippen molar-refractivity contribution in [3.05, 3.63) is 47.3 Å². The third-order valence-corrected chi connectivity index (χ3v) is 5.91. The van der Waals surface area contributed by atoms with E-state index < -0.39 is 10.0 Å². The number of amides is 1. The topological polar surface area (TPSA) is 84.3 Å². The molecule has 0 aliphatic heterocycles. The van der Waals surface area contributed by atoms with Gasteiger partial charge in [-0.25, -0.2) is 8.42 Å². The van der Waals surface area contributed by atoms with Crippen molar-refractivity contribution in [2.45, 2.75) is 32.2 Å². The summed E-state index contributed by atoms with van der Waals surface area (Å²) in [5.41, 5.74) is 3.48. The molecule has 0 fully saturated rings. The zero-order valence-electron chi connectivity index (χ0n) is 15.3. The van der Waals surface area contributed by atoms with E-state index in [9.17, 15) is 13.2 Å². The summed E-state index contributed by atoms with van der Waals surface area (Å²) >= 11 is 0. The van der Waals surface area contributed by atoms with E-state index in [1.165, 1.54) is 0 Å². The smallest absolute Gasteiger partial charge is 0.241 e. The standard InChI is InChI=1S/C18H24N4O3S/c1-13-7-4-5-9-16(13)22(26(3,24)25)12-18(23)20-15-8-6-10-17-14(15)11-19-21(17)2/h4-5,7,9,11,15H,6,8,10,12H2,1-3H3,(H,20,23). The van der Waals surface area contributed by atoms with Gasteiger partial charge in [-0.2, -0.15) is 5.10 Å².